The number of imide groups is 1. The molecule has 20 heavy (non-hydrogen) atoms. The summed E-state index contributed by atoms with van der Waals surface area (Å²) < 4.78 is 0. The van der Waals surface area contributed by atoms with Crippen molar-refractivity contribution in [3.05, 3.63) is 22.4 Å². The van der Waals surface area contributed by atoms with E-state index in [0.29, 0.717) is 6.54 Å². The second-order valence-corrected chi connectivity index (χ2v) is 5.65. The molecule has 0 aromatic carbocycles. The Morgan fingerprint density at radius 3 is 2.65 bits per heavy atom. The summed E-state index contributed by atoms with van der Waals surface area (Å²) in [6.07, 6.45) is 0.888. The molecule has 0 bridgehead atoms. The summed E-state index contributed by atoms with van der Waals surface area (Å²) in [5.41, 5.74) is 1.27. The second-order valence-electron chi connectivity index (χ2n) is 4.87. The molecule has 2 N–H and O–H groups in total. The Morgan fingerprint density at radius 2 is 2.10 bits per heavy atom. The Bertz CT molecular complexity index is 434. The van der Waals surface area contributed by atoms with Gasteiger partial charge in [-0.15, -0.1) is 0 Å². The van der Waals surface area contributed by atoms with Gasteiger partial charge >= 0.3 is 6.03 Å². The first kappa shape index (κ1) is 16.7. The predicted molar refractivity (Wildman–Crippen MR) is 81.9 cm³/mol. The van der Waals surface area contributed by atoms with Gasteiger partial charge in [0.15, 0.2) is 0 Å². The number of carbonyl (C=O) groups excluding carboxylic acids is 2. The lowest BCUT2D eigenvalue weighted by Crippen LogP contribution is -2.51. The van der Waals surface area contributed by atoms with Crippen molar-refractivity contribution in [1.82, 2.24) is 15.5 Å². The summed E-state index contributed by atoms with van der Waals surface area (Å²) in [6, 6.07) is 1.52. The number of hydrogen-bond acceptors (Lipinski definition) is 4. The Labute approximate surface area is 124 Å². The number of thiophene rings is 1. The average molecular weight is 297 g/mol. The monoisotopic (exact) mass is 297 g/mol. The Hall–Kier alpha value is -1.40. The number of nitrogens with one attached hydrogen (secondary N) is 2. The lowest BCUT2D eigenvalue weighted by molar-refractivity contribution is -0.124. The third kappa shape index (κ3) is 4.94. The lowest BCUT2D eigenvalue weighted by Gasteiger charge is -2.29. The summed E-state index contributed by atoms with van der Waals surface area (Å²) in [5, 5.41) is 9.06. The first-order chi connectivity index (χ1) is 9.45. The minimum absolute atomic E-state index is 0.222. The molecule has 2 atom stereocenters. The predicted octanol–water partition coefficient (Wildman–Crippen LogP) is 1.85. The maximum Gasteiger partial charge on any atom is 0.321 e. The third-order valence-electron chi connectivity index (χ3n) is 3.37. The van der Waals surface area contributed by atoms with Crippen LogP contribution in [0.15, 0.2) is 16.8 Å². The zero-order valence-corrected chi connectivity index (χ0v) is 13.3. The van der Waals surface area contributed by atoms with E-state index in [0.717, 1.165) is 6.42 Å². The van der Waals surface area contributed by atoms with Crippen LogP contribution in [0.25, 0.3) is 0 Å². The van der Waals surface area contributed by atoms with Gasteiger partial charge in [-0.25, -0.2) is 4.79 Å². The number of rotatable bonds is 6. The van der Waals surface area contributed by atoms with Crippen molar-refractivity contribution in [2.75, 3.05) is 13.6 Å². The van der Waals surface area contributed by atoms with Gasteiger partial charge in [0.1, 0.15) is 0 Å². The smallest absolute Gasteiger partial charge is 0.321 e. The quantitative estimate of drug-likeness (QED) is 0.842. The summed E-state index contributed by atoms with van der Waals surface area (Å²) >= 11 is 1.67. The number of likely N-dealkylation sites (N-methyl/N-ethyl adjacent to an activating group) is 1. The van der Waals surface area contributed by atoms with Gasteiger partial charge in [-0.3, -0.25) is 15.0 Å². The number of amides is 3. The van der Waals surface area contributed by atoms with E-state index in [1.54, 1.807) is 18.3 Å². The molecule has 0 aliphatic carbocycles. The normalized spacial score (nSPS) is 13.8. The van der Waals surface area contributed by atoms with Crippen LogP contribution in [0.3, 0.4) is 0 Å². The van der Waals surface area contributed by atoms with Gasteiger partial charge in [0.05, 0.1) is 6.04 Å². The molecule has 0 aliphatic rings. The molecule has 6 heteroatoms. The van der Waals surface area contributed by atoms with Crippen LogP contribution in [0.4, 0.5) is 4.79 Å². The minimum atomic E-state index is -0.441. The molecular formula is C14H23N3O2S. The minimum Gasteiger partial charge on any atom is -0.338 e. The summed E-state index contributed by atoms with van der Waals surface area (Å²) in [4.78, 5) is 25.3. The van der Waals surface area contributed by atoms with Crippen LogP contribution in [0.2, 0.25) is 0 Å². The number of nitrogens with zero attached hydrogens (tertiary/aromatic N) is 1. The molecule has 0 spiro atoms. The SMILES string of the molecule is CCNC(=O)NC(=O)C(C)N(C)C(C)Cc1ccsc1. The molecule has 5 nitrogen and oxygen atoms in total. The van der Waals surface area contributed by atoms with E-state index in [-0.39, 0.29) is 18.0 Å². The first-order valence-electron chi connectivity index (χ1n) is 6.77. The zero-order chi connectivity index (χ0) is 15.1. The summed E-state index contributed by atoms with van der Waals surface area (Å²) in [5.74, 6) is -0.282. The molecule has 1 aromatic rings. The van der Waals surface area contributed by atoms with Crippen molar-refractivity contribution in [3.63, 3.8) is 0 Å². The largest absolute Gasteiger partial charge is 0.338 e. The van der Waals surface area contributed by atoms with Crippen molar-refractivity contribution >= 4 is 23.3 Å². The number of urea groups is 1. The molecular weight excluding hydrogens is 274 g/mol. The highest BCUT2D eigenvalue weighted by molar-refractivity contribution is 7.07. The molecule has 1 heterocycles. The number of carbonyl (C=O) groups is 2. The van der Waals surface area contributed by atoms with Crippen LogP contribution in [-0.2, 0) is 11.2 Å². The van der Waals surface area contributed by atoms with Crippen LogP contribution in [0, 0.1) is 0 Å². The molecule has 1 aromatic heterocycles. The van der Waals surface area contributed by atoms with E-state index in [4.69, 9.17) is 0 Å². The average Bonchev–Trinajstić information content (AvgIpc) is 2.89. The van der Waals surface area contributed by atoms with Gasteiger partial charge in [0.25, 0.3) is 0 Å². The third-order valence-corrected chi connectivity index (χ3v) is 4.10. The number of hydrogen-bond donors (Lipinski definition) is 2. The van der Waals surface area contributed by atoms with Crippen LogP contribution in [0.1, 0.15) is 26.3 Å². The fourth-order valence-corrected chi connectivity index (χ4v) is 2.56. The van der Waals surface area contributed by atoms with Crippen molar-refractivity contribution in [2.24, 2.45) is 0 Å². The van der Waals surface area contributed by atoms with E-state index in [2.05, 4.69) is 29.0 Å². The molecule has 0 saturated heterocycles. The van der Waals surface area contributed by atoms with E-state index in [1.165, 1.54) is 5.56 Å². The van der Waals surface area contributed by atoms with E-state index < -0.39 is 6.03 Å². The lowest BCUT2D eigenvalue weighted by atomic mass is 10.1. The molecule has 112 valence electrons. The molecule has 3 amide bonds. The van der Waals surface area contributed by atoms with Crippen LogP contribution in [0.5, 0.6) is 0 Å². The van der Waals surface area contributed by atoms with Gasteiger partial charge in [-0.2, -0.15) is 11.3 Å². The Morgan fingerprint density at radius 1 is 1.40 bits per heavy atom. The standard InChI is InChI=1S/C14H23N3O2S/c1-5-15-14(19)16-13(18)11(3)17(4)10(2)8-12-6-7-20-9-12/h6-7,9-11H,5,8H2,1-4H3,(H2,15,16,18,19). The first-order valence-corrected chi connectivity index (χ1v) is 7.71. The maximum atomic E-state index is 12.0. The second kappa shape index (κ2) is 8.01. The summed E-state index contributed by atoms with van der Waals surface area (Å²) in [6.45, 7) is 6.19. The fourth-order valence-electron chi connectivity index (χ4n) is 1.88. The van der Waals surface area contributed by atoms with Crippen LogP contribution in [-0.4, -0.2) is 42.5 Å². The van der Waals surface area contributed by atoms with Gasteiger partial charge in [-0.1, -0.05) is 0 Å². The Kier molecular flexibility index (Phi) is 6.67. The van der Waals surface area contributed by atoms with Crippen molar-refractivity contribution in [1.29, 1.82) is 0 Å². The highest BCUT2D eigenvalue weighted by Crippen LogP contribution is 2.13. The molecule has 0 radical (unpaired) electrons. The zero-order valence-electron chi connectivity index (χ0n) is 12.5. The van der Waals surface area contributed by atoms with Crippen LogP contribution >= 0.6 is 11.3 Å². The molecule has 0 saturated carbocycles. The van der Waals surface area contributed by atoms with Crippen molar-refractivity contribution in [2.45, 2.75) is 39.3 Å². The van der Waals surface area contributed by atoms with Gasteiger partial charge in [0.2, 0.25) is 5.91 Å². The van der Waals surface area contributed by atoms with E-state index in [9.17, 15) is 9.59 Å². The molecule has 0 fully saturated rings. The highest BCUT2D eigenvalue weighted by Gasteiger charge is 2.23. The molecule has 2 unspecified atom stereocenters. The topological polar surface area (TPSA) is 61.4 Å². The van der Waals surface area contributed by atoms with E-state index in [1.807, 2.05) is 24.3 Å². The maximum absolute atomic E-state index is 12.0. The van der Waals surface area contributed by atoms with Gasteiger partial charge in [0, 0.05) is 12.6 Å². The molecule has 1 rings (SSSR count). The highest BCUT2D eigenvalue weighted by atomic mass is 32.1. The Balaban J connectivity index is 2.50. The van der Waals surface area contributed by atoms with Crippen molar-refractivity contribution in [3.8, 4) is 0 Å². The van der Waals surface area contributed by atoms with Crippen molar-refractivity contribution < 1.29 is 9.59 Å². The van der Waals surface area contributed by atoms with Crippen LogP contribution < -0.4 is 10.6 Å². The molecule has 0 aliphatic heterocycles. The van der Waals surface area contributed by atoms with Gasteiger partial charge in [-0.05, 0) is 56.6 Å². The van der Waals surface area contributed by atoms with Gasteiger partial charge < -0.3 is 5.32 Å². The van der Waals surface area contributed by atoms with E-state index >= 15 is 0 Å². The summed E-state index contributed by atoms with van der Waals surface area (Å²) in [7, 11) is 1.90. The fraction of sp³-hybridized carbons (Fsp3) is 0.571.